The summed E-state index contributed by atoms with van der Waals surface area (Å²) in [7, 11) is 0. The van der Waals surface area contributed by atoms with Crippen LogP contribution in [0.3, 0.4) is 0 Å². The predicted octanol–water partition coefficient (Wildman–Crippen LogP) is 4.98. The van der Waals surface area contributed by atoms with Crippen LogP contribution in [-0.2, 0) is 0 Å². The number of nitrogens with one attached hydrogen (secondary N) is 1. The van der Waals surface area contributed by atoms with Gasteiger partial charge < -0.3 is 10.4 Å². The van der Waals surface area contributed by atoms with E-state index in [9.17, 15) is 9.50 Å². The van der Waals surface area contributed by atoms with Gasteiger partial charge in [-0.1, -0.05) is 30.3 Å². The molecule has 4 nitrogen and oxygen atoms in total. The number of benzene rings is 2. The van der Waals surface area contributed by atoms with Gasteiger partial charge in [-0.2, -0.15) is 0 Å². The summed E-state index contributed by atoms with van der Waals surface area (Å²) in [5.41, 5.74) is 3.66. The largest absolute Gasteiger partial charge is 0.505 e. The van der Waals surface area contributed by atoms with Gasteiger partial charge in [0.25, 0.3) is 0 Å². The molecule has 0 spiro atoms. The van der Waals surface area contributed by atoms with Crippen molar-refractivity contribution in [3.8, 4) is 5.75 Å². The summed E-state index contributed by atoms with van der Waals surface area (Å²) in [5, 5.41) is 15.2. The maximum absolute atomic E-state index is 13.4. The molecule has 0 aliphatic carbocycles. The number of halogens is 1. The molecule has 0 amide bonds. The number of hydrogen-bond donors (Lipinski definition) is 2. The Morgan fingerprint density at radius 3 is 2.52 bits per heavy atom. The normalized spacial score (nSPS) is 12.1. The Morgan fingerprint density at radius 1 is 1.00 bits per heavy atom. The van der Waals surface area contributed by atoms with E-state index in [1.54, 1.807) is 24.5 Å². The van der Waals surface area contributed by atoms with Gasteiger partial charge in [-0.25, -0.2) is 9.37 Å². The van der Waals surface area contributed by atoms with Crippen LogP contribution in [0.15, 0.2) is 73.1 Å². The molecule has 0 radical (unpaired) electrons. The van der Waals surface area contributed by atoms with Gasteiger partial charge in [0.1, 0.15) is 17.1 Å². The number of aryl methyl sites for hydroxylation is 1. The molecule has 4 aromatic rings. The van der Waals surface area contributed by atoms with E-state index >= 15 is 0 Å². The number of aromatic hydroxyl groups is 1. The fourth-order valence-corrected chi connectivity index (χ4v) is 3.13. The van der Waals surface area contributed by atoms with Crippen molar-refractivity contribution in [3.63, 3.8) is 0 Å². The minimum Gasteiger partial charge on any atom is -0.505 e. The van der Waals surface area contributed by atoms with E-state index < -0.39 is 0 Å². The van der Waals surface area contributed by atoms with Gasteiger partial charge in [0.2, 0.25) is 0 Å². The van der Waals surface area contributed by atoms with Crippen LogP contribution in [0.1, 0.15) is 22.9 Å². The van der Waals surface area contributed by atoms with Gasteiger partial charge >= 0.3 is 0 Å². The molecule has 0 aliphatic heterocycles. The quantitative estimate of drug-likeness (QED) is 0.539. The predicted molar refractivity (Wildman–Crippen MR) is 104 cm³/mol. The van der Waals surface area contributed by atoms with Gasteiger partial charge in [0, 0.05) is 29.0 Å². The van der Waals surface area contributed by atoms with E-state index in [1.807, 2.05) is 43.3 Å². The molecule has 5 heteroatoms. The third-order valence-corrected chi connectivity index (χ3v) is 4.49. The Balaban J connectivity index is 1.86. The summed E-state index contributed by atoms with van der Waals surface area (Å²) in [5.74, 6) is -0.194. The summed E-state index contributed by atoms with van der Waals surface area (Å²) >= 11 is 0. The van der Waals surface area contributed by atoms with Crippen molar-refractivity contribution in [2.24, 2.45) is 0 Å². The number of aromatic nitrogens is 2. The molecule has 27 heavy (non-hydrogen) atoms. The van der Waals surface area contributed by atoms with E-state index in [2.05, 4.69) is 15.3 Å². The first kappa shape index (κ1) is 17.0. The molecule has 0 fully saturated rings. The fraction of sp³-hybridized carbons (Fsp3) is 0.0909. The Hall–Kier alpha value is -3.47. The van der Waals surface area contributed by atoms with Crippen LogP contribution < -0.4 is 5.32 Å². The molecule has 2 N–H and O–H groups in total. The number of phenolic OH excluding ortho intramolecular Hbond substituents is 1. The number of pyridine rings is 2. The average Bonchev–Trinajstić information content (AvgIpc) is 2.69. The lowest BCUT2D eigenvalue weighted by Gasteiger charge is -2.22. The summed E-state index contributed by atoms with van der Waals surface area (Å²) in [6, 6.07) is 17.2. The molecule has 2 heterocycles. The number of nitrogens with zero attached hydrogens (tertiary/aromatic N) is 2. The highest BCUT2D eigenvalue weighted by atomic mass is 19.1. The number of hydrogen-bond acceptors (Lipinski definition) is 4. The maximum Gasteiger partial charge on any atom is 0.147 e. The lowest BCUT2D eigenvalue weighted by Crippen LogP contribution is -2.13. The Kier molecular flexibility index (Phi) is 4.42. The molecule has 134 valence electrons. The van der Waals surface area contributed by atoms with Crippen molar-refractivity contribution in [1.82, 2.24) is 9.97 Å². The van der Waals surface area contributed by atoms with Crippen LogP contribution in [0.25, 0.3) is 10.9 Å². The molecule has 2 aromatic heterocycles. The summed E-state index contributed by atoms with van der Waals surface area (Å²) in [6.45, 7) is 1.89. The van der Waals surface area contributed by atoms with Gasteiger partial charge in [0.15, 0.2) is 0 Å². The molecule has 0 saturated heterocycles. The lowest BCUT2D eigenvalue weighted by atomic mass is 9.96. The number of fused-ring (bicyclic) bond motifs is 1. The van der Waals surface area contributed by atoms with E-state index in [-0.39, 0.29) is 17.6 Å². The zero-order valence-electron chi connectivity index (χ0n) is 14.7. The topological polar surface area (TPSA) is 58.0 Å². The molecule has 0 bridgehead atoms. The molecule has 4 rings (SSSR count). The van der Waals surface area contributed by atoms with Crippen molar-refractivity contribution >= 4 is 16.6 Å². The van der Waals surface area contributed by atoms with Crippen LogP contribution in [0.2, 0.25) is 0 Å². The highest BCUT2D eigenvalue weighted by Gasteiger charge is 2.20. The summed E-state index contributed by atoms with van der Waals surface area (Å²) < 4.78 is 13.4. The highest BCUT2D eigenvalue weighted by molar-refractivity contribution is 5.86. The van der Waals surface area contributed by atoms with Crippen LogP contribution in [-0.4, -0.2) is 15.1 Å². The molecule has 2 aromatic carbocycles. The first-order valence-corrected chi connectivity index (χ1v) is 8.63. The maximum atomic E-state index is 13.4. The second kappa shape index (κ2) is 7.03. The first-order valence-electron chi connectivity index (χ1n) is 8.63. The Labute approximate surface area is 156 Å². The third kappa shape index (κ3) is 3.44. The van der Waals surface area contributed by atoms with Gasteiger partial charge in [-0.15, -0.1) is 0 Å². The van der Waals surface area contributed by atoms with Crippen molar-refractivity contribution in [3.05, 3.63) is 95.7 Å². The fourth-order valence-electron chi connectivity index (χ4n) is 3.13. The zero-order valence-corrected chi connectivity index (χ0v) is 14.7. The summed E-state index contributed by atoms with van der Waals surface area (Å²) in [4.78, 5) is 8.61. The highest BCUT2D eigenvalue weighted by Crippen LogP contribution is 2.36. The minimum atomic E-state index is -0.387. The molecule has 0 saturated carbocycles. The van der Waals surface area contributed by atoms with E-state index in [0.717, 1.165) is 22.3 Å². The third-order valence-electron chi connectivity index (χ3n) is 4.49. The monoisotopic (exact) mass is 359 g/mol. The Bertz CT molecular complexity index is 1080. The minimum absolute atomic E-state index is 0.113. The van der Waals surface area contributed by atoms with E-state index in [4.69, 9.17) is 0 Å². The van der Waals surface area contributed by atoms with Crippen molar-refractivity contribution < 1.29 is 9.50 Å². The van der Waals surface area contributed by atoms with Gasteiger partial charge in [0.05, 0.1) is 11.7 Å². The molecule has 0 aliphatic rings. The first-order chi connectivity index (χ1) is 13.1. The van der Waals surface area contributed by atoms with Crippen molar-refractivity contribution in [2.45, 2.75) is 13.0 Å². The summed E-state index contributed by atoms with van der Waals surface area (Å²) in [6.07, 6.45) is 3.40. The van der Waals surface area contributed by atoms with Gasteiger partial charge in [-0.3, -0.25) is 4.98 Å². The zero-order chi connectivity index (χ0) is 18.8. The molecule has 1 unspecified atom stereocenters. The number of anilines is 1. The SMILES string of the molecule is Cc1ccc2ccc(C(Nc3cccnc3)c3ccc(F)cc3)c(O)c2n1. The van der Waals surface area contributed by atoms with Crippen molar-refractivity contribution in [1.29, 1.82) is 0 Å². The number of rotatable bonds is 4. The van der Waals surface area contributed by atoms with Crippen LogP contribution in [0, 0.1) is 12.7 Å². The standard InChI is InChI=1S/C22H18FN3O/c1-14-4-5-16-8-11-19(22(27)21(16)25-14)20(15-6-9-17(23)10-7-15)26-18-3-2-12-24-13-18/h2-13,20,26-27H,1H3. The van der Waals surface area contributed by atoms with Crippen LogP contribution in [0.4, 0.5) is 10.1 Å². The number of phenols is 1. The van der Waals surface area contributed by atoms with Crippen molar-refractivity contribution in [2.75, 3.05) is 5.32 Å². The van der Waals surface area contributed by atoms with E-state index in [0.29, 0.717) is 11.1 Å². The molecular weight excluding hydrogens is 341 g/mol. The van der Waals surface area contributed by atoms with Crippen LogP contribution in [0.5, 0.6) is 5.75 Å². The lowest BCUT2D eigenvalue weighted by molar-refractivity contribution is 0.471. The van der Waals surface area contributed by atoms with E-state index in [1.165, 1.54) is 12.1 Å². The Morgan fingerprint density at radius 2 is 1.78 bits per heavy atom. The smallest absolute Gasteiger partial charge is 0.147 e. The molecular formula is C22H18FN3O. The second-order valence-electron chi connectivity index (χ2n) is 6.40. The molecule has 1 atom stereocenters. The second-order valence-corrected chi connectivity index (χ2v) is 6.40. The van der Waals surface area contributed by atoms with Crippen LogP contribution >= 0.6 is 0 Å². The average molecular weight is 359 g/mol. The van der Waals surface area contributed by atoms with Gasteiger partial charge in [-0.05, 0) is 42.8 Å².